The van der Waals surface area contributed by atoms with Crippen molar-refractivity contribution in [2.75, 3.05) is 19.6 Å². The lowest BCUT2D eigenvalue weighted by atomic mass is 9.88. The smallest absolute Gasteiger partial charge is 0.335 e. The second kappa shape index (κ2) is 8.64. The van der Waals surface area contributed by atoms with Crippen molar-refractivity contribution in [1.29, 1.82) is 0 Å². The lowest BCUT2D eigenvalue weighted by Crippen LogP contribution is -2.45. The molecule has 0 aromatic heterocycles. The number of hydrogen-bond acceptors (Lipinski definition) is 4. The van der Waals surface area contributed by atoms with Gasteiger partial charge in [-0.25, -0.2) is 4.79 Å². The second-order valence-electron chi connectivity index (χ2n) is 7.51. The number of hydrogen-bond donors (Lipinski definition) is 3. The first kappa shape index (κ1) is 18.9. The molecule has 1 aromatic rings. The molecule has 6 heteroatoms. The zero-order chi connectivity index (χ0) is 18.5. The van der Waals surface area contributed by atoms with Crippen molar-refractivity contribution >= 4 is 11.9 Å². The summed E-state index contributed by atoms with van der Waals surface area (Å²) < 4.78 is 0. The number of benzene rings is 1. The number of carboxylic acids is 1. The summed E-state index contributed by atoms with van der Waals surface area (Å²) in [5.41, 5.74) is 7.79. The van der Waals surface area contributed by atoms with E-state index in [4.69, 9.17) is 5.11 Å². The highest BCUT2D eigenvalue weighted by molar-refractivity contribution is 5.87. The molecule has 0 aliphatic carbocycles. The average molecular weight is 359 g/mol. The summed E-state index contributed by atoms with van der Waals surface area (Å²) in [5, 5.41) is 9.12. The molecule has 26 heavy (non-hydrogen) atoms. The van der Waals surface area contributed by atoms with Gasteiger partial charge in [-0.1, -0.05) is 25.5 Å². The van der Waals surface area contributed by atoms with Gasteiger partial charge in [0.05, 0.1) is 11.5 Å². The molecule has 1 aromatic carbocycles. The molecule has 142 valence electrons. The number of piperidine rings is 1. The largest absolute Gasteiger partial charge is 0.478 e. The lowest BCUT2D eigenvalue weighted by molar-refractivity contribution is -0.136. The molecule has 0 saturated carbocycles. The summed E-state index contributed by atoms with van der Waals surface area (Å²) >= 11 is 0. The van der Waals surface area contributed by atoms with E-state index < -0.39 is 5.97 Å². The summed E-state index contributed by atoms with van der Waals surface area (Å²) in [7, 11) is 0. The molecule has 2 atom stereocenters. The fourth-order valence-corrected chi connectivity index (χ4v) is 4.14. The van der Waals surface area contributed by atoms with Gasteiger partial charge in [-0.05, 0) is 49.3 Å². The molecule has 0 spiro atoms. The van der Waals surface area contributed by atoms with E-state index in [1.54, 1.807) is 12.1 Å². The number of nitrogens with one attached hydrogen (secondary N) is 2. The van der Waals surface area contributed by atoms with E-state index in [1.165, 1.54) is 0 Å². The van der Waals surface area contributed by atoms with Gasteiger partial charge in [-0.2, -0.15) is 0 Å². The summed E-state index contributed by atoms with van der Waals surface area (Å²) in [5.74, 6) is -0.0620. The normalized spacial score (nSPS) is 24.0. The average Bonchev–Trinajstić information content (AvgIpc) is 3.10. The fourth-order valence-electron chi connectivity index (χ4n) is 4.14. The van der Waals surface area contributed by atoms with Crippen LogP contribution in [0.3, 0.4) is 0 Å². The highest BCUT2D eigenvalue weighted by atomic mass is 16.4. The zero-order valence-corrected chi connectivity index (χ0v) is 15.4. The Labute approximate surface area is 154 Å². The van der Waals surface area contributed by atoms with Crippen LogP contribution in [0.2, 0.25) is 0 Å². The molecule has 3 N–H and O–H groups in total. The minimum atomic E-state index is -0.882. The number of nitrogens with zero attached hydrogens (tertiary/aromatic N) is 1. The Bertz CT molecular complexity index is 641. The minimum absolute atomic E-state index is 0.0405. The Hall–Kier alpha value is -1.92. The highest BCUT2D eigenvalue weighted by Crippen LogP contribution is 2.25. The molecule has 2 saturated heterocycles. The van der Waals surface area contributed by atoms with Crippen molar-refractivity contribution in [1.82, 2.24) is 15.8 Å². The van der Waals surface area contributed by atoms with Crippen molar-refractivity contribution in [3.8, 4) is 0 Å². The SMILES string of the molecule is CCCC1NNCC1C(=O)N1CCC(Cc2cccc(C(=O)O)c2)CC1. The Morgan fingerprint density at radius 1 is 1.27 bits per heavy atom. The van der Waals surface area contributed by atoms with Crippen molar-refractivity contribution in [2.45, 2.75) is 45.1 Å². The number of amides is 1. The van der Waals surface area contributed by atoms with Gasteiger partial charge < -0.3 is 10.0 Å². The van der Waals surface area contributed by atoms with Crippen LogP contribution >= 0.6 is 0 Å². The van der Waals surface area contributed by atoms with Gasteiger partial charge in [0.15, 0.2) is 0 Å². The molecule has 2 unspecified atom stereocenters. The molecule has 2 heterocycles. The number of carbonyl (C=O) groups excluding carboxylic acids is 1. The van der Waals surface area contributed by atoms with Crippen LogP contribution in [0.15, 0.2) is 24.3 Å². The molecule has 0 bridgehead atoms. The summed E-state index contributed by atoms with van der Waals surface area (Å²) in [6, 6.07) is 7.44. The van der Waals surface area contributed by atoms with Crippen LogP contribution in [0.4, 0.5) is 0 Å². The van der Waals surface area contributed by atoms with Gasteiger partial charge >= 0.3 is 5.97 Å². The monoisotopic (exact) mass is 359 g/mol. The number of hydrazine groups is 1. The maximum Gasteiger partial charge on any atom is 0.335 e. The predicted molar refractivity (Wildman–Crippen MR) is 99.7 cm³/mol. The third-order valence-corrected chi connectivity index (χ3v) is 5.64. The summed E-state index contributed by atoms with van der Waals surface area (Å²) in [6.45, 7) is 4.47. The second-order valence-corrected chi connectivity index (χ2v) is 7.51. The van der Waals surface area contributed by atoms with Crippen LogP contribution < -0.4 is 10.9 Å². The Balaban J connectivity index is 1.52. The van der Waals surface area contributed by atoms with E-state index in [2.05, 4.69) is 17.8 Å². The third kappa shape index (κ3) is 4.43. The molecule has 0 radical (unpaired) electrons. The van der Waals surface area contributed by atoms with E-state index in [0.717, 1.165) is 50.8 Å². The van der Waals surface area contributed by atoms with Gasteiger partial charge in [0.1, 0.15) is 0 Å². The van der Waals surface area contributed by atoms with Crippen LogP contribution in [-0.4, -0.2) is 47.6 Å². The van der Waals surface area contributed by atoms with E-state index in [0.29, 0.717) is 18.0 Å². The Morgan fingerprint density at radius 2 is 2.04 bits per heavy atom. The quantitative estimate of drug-likeness (QED) is 0.724. The van der Waals surface area contributed by atoms with Crippen LogP contribution in [0.25, 0.3) is 0 Å². The highest BCUT2D eigenvalue weighted by Gasteiger charge is 2.36. The number of likely N-dealkylation sites (tertiary alicyclic amines) is 1. The first-order valence-corrected chi connectivity index (χ1v) is 9.68. The van der Waals surface area contributed by atoms with E-state index in [-0.39, 0.29) is 17.9 Å². The van der Waals surface area contributed by atoms with Gasteiger partial charge in [0, 0.05) is 25.7 Å². The number of rotatable bonds is 6. The van der Waals surface area contributed by atoms with E-state index in [9.17, 15) is 9.59 Å². The van der Waals surface area contributed by atoms with Crippen molar-refractivity contribution in [2.24, 2.45) is 11.8 Å². The first-order chi connectivity index (χ1) is 12.6. The Morgan fingerprint density at radius 3 is 2.73 bits per heavy atom. The molecule has 1 amide bonds. The maximum absolute atomic E-state index is 12.9. The first-order valence-electron chi connectivity index (χ1n) is 9.68. The number of carboxylic acid groups (broad SMARTS) is 1. The number of aromatic carboxylic acids is 1. The van der Waals surface area contributed by atoms with Crippen molar-refractivity contribution in [3.05, 3.63) is 35.4 Å². The van der Waals surface area contributed by atoms with E-state index >= 15 is 0 Å². The molecular weight excluding hydrogens is 330 g/mol. The van der Waals surface area contributed by atoms with Gasteiger partial charge in [-0.3, -0.25) is 15.6 Å². The van der Waals surface area contributed by atoms with Gasteiger partial charge in [0.25, 0.3) is 0 Å². The molecule has 2 aliphatic rings. The van der Waals surface area contributed by atoms with Crippen LogP contribution in [-0.2, 0) is 11.2 Å². The van der Waals surface area contributed by atoms with Gasteiger partial charge in [-0.15, -0.1) is 0 Å². The minimum Gasteiger partial charge on any atom is -0.478 e. The Kier molecular flexibility index (Phi) is 6.27. The summed E-state index contributed by atoms with van der Waals surface area (Å²) in [4.78, 5) is 26.0. The van der Waals surface area contributed by atoms with Crippen LogP contribution in [0.1, 0.15) is 48.5 Å². The number of carbonyl (C=O) groups is 2. The zero-order valence-electron chi connectivity index (χ0n) is 15.4. The fraction of sp³-hybridized carbons (Fsp3) is 0.600. The lowest BCUT2D eigenvalue weighted by Gasteiger charge is -2.34. The topological polar surface area (TPSA) is 81.7 Å². The summed E-state index contributed by atoms with van der Waals surface area (Å²) in [6.07, 6.45) is 4.93. The van der Waals surface area contributed by atoms with E-state index in [1.807, 2.05) is 17.0 Å². The third-order valence-electron chi connectivity index (χ3n) is 5.64. The molecule has 2 fully saturated rings. The molecule has 3 rings (SSSR count). The standard InChI is InChI=1S/C20H29N3O3/c1-2-4-18-17(13-21-22-18)19(24)23-9-7-14(8-10-23)11-15-5-3-6-16(12-15)20(25)26/h3,5-6,12,14,17-18,21-22H,2,4,7-11,13H2,1H3,(H,25,26). The van der Waals surface area contributed by atoms with Gasteiger partial charge in [0.2, 0.25) is 5.91 Å². The molecule has 2 aliphatic heterocycles. The van der Waals surface area contributed by atoms with Crippen molar-refractivity contribution < 1.29 is 14.7 Å². The van der Waals surface area contributed by atoms with Crippen molar-refractivity contribution in [3.63, 3.8) is 0 Å². The molecular formula is C20H29N3O3. The van der Waals surface area contributed by atoms with Crippen LogP contribution in [0, 0.1) is 11.8 Å². The maximum atomic E-state index is 12.9. The predicted octanol–water partition coefficient (Wildman–Crippen LogP) is 2.06. The molecule has 6 nitrogen and oxygen atoms in total. The van der Waals surface area contributed by atoms with Crippen LogP contribution in [0.5, 0.6) is 0 Å².